The fourth-order valence-corrected chi connectivity index (χ4v) is 3.08. The quantitative estimate of drug-likeness (QED) is 0.920. The molecule has 5 nitrogen and oxygen atoms in total. The van der Waals surface area contributed by atoms with Gasteiger partial charge in [0.1, 0.15) is 5.82 Å². The summed E-state index contributed by atoms with van der Waals surface area (Å²) in [7, 11) is 0. The summed E-state index contributed by atoms with van der Waals surface area (Å²) in [5.74, 6) is -1.48. The number of amides is 1. The Hall–Kier alpha value is -1.95. The van der Waals surface area contributed by atoms with Gasteiger partial charge in [-0.15, -0.1) is 0 Å². The Balaban J connectivity index is 1.81. The van der Waals surface area contributed by atoms with Crippen molar-refractivity contribution in [1.29, 1.82) is 0 Å². The van der Waals surface area contributed by atoms with Crippen molar-refractivity contribution in [3.8, 4) is 0 Å². The maximum absolute atomic E-state index is 13.1. The summed E-state index contributed by atoms with van der Waals surface area (Å²) in [5, 5.41) is 9.12. The maximum Gasteiger partial charge on any atom is 0.334 e. The number of rotatable bonds is 3. The number of ether oxygens (including phenoxy) is 1. The number of nitrogens with zero attached hydrogens (tertiary/aromatic N) is 1. The lowest BCUT2D eigenvalue weighted by molar-refractivity contribution is -0.167. The van der Waals surface area contributed by atoms with Gasteiger partial charge in [-0.05, 0) is 37.5 Å². The standard InChI is InChI=1S/C16H18FNO4/c1-10-8-18(9-13(22-10)14(19)20)15(21)16(6-7-16)11-2-4-12(17)5-3-11/h2-5,10,13H,6-9H2,1H3,(H,19,20)/t10-,13?/m1/s1. The van der Waals surface area contributed by atoms with Crippen LogP contribution < -0.4 is 0 Å². The molecule has 3 rings (SSSR count). The Labute approximate surface area is 127 Å². The highest BCUT2D eigenvalue weighted by atomic mass is 19.1. The number of halogens is 1. The van der Waals surface area contributed by atoms with Gasteiger partial charge in [-0.1, -0.05) is 12.1 Å². The topological polar surface area (TPSA) is 66.8 Å². The molecule has 1 heterocycles. The molecule has 118 valence electrons. The van der Waals surface area contributed by atoms with Gasteiger partial charge in [0.15, 0.2) is 6.10 Å². The zero-order chi connectivity index (χ0) is 15.9. The van der Waals surface area contributed by atoms with Gasteiger partial charge < -0.3 is 14.7 Å². The van der Waals surface area contributed by atoms with Gasteiger partial charge in [0.2, 0.25) is 5.91 Å². The Morgan fingerprint density at radius 1 is 1.27 bits per heavy atom. The van der Waals surface area contributed by atoms with Crippen molar-refractivity contribution in [3.63, 3.8) is 0 Å². The van der Waals surface area contributed by atoms with Gasteiger partial charge >= 0.3 is 5.97 Å². The molecule has 2 atom stereocenters. The van der Waals surface area contributed by atoms with Gasteiger partial charge in [-0.3, -0.25) is 4.79 Å². The van der Waals surface area contributed by atoms with E-state index in [1.165, 1.54) is 12.1 Å². The van der Waals surface area contributed by atoms with Crippen molar-refractivity contribution >= 4 is 11.9 Å². The fraction of sp³-hybridized carbons (Fsp3) is 0.500. The number of carboxylic acids is 1. The number of morpholine rings is 1. The summed E-state index contributed by atoms with van der Waals surface area (Å²) in [6.45, 7) is 2.19. The lowest BCUT2D eigenvalue weighted by atomic mass is 9.93. The van der Waals surface area contributed by atoms with E-state index in [4.69, 9.17) is 9.84 Å². The van der Waals surface area contributed by atoms with Crippen LogP contribution in [0.4, 0.5) is 4.39 Å². The number of hydrogen-bond acceptors (Lipinski definition) is 3. The number of hydrogen-bond donors (Lipinski definition) is 1. The van der Waals surface area contributed by atoms with E-state index in [0.717, 1.165) is 5.56 Å². The first kappa shape index (κ1) is 15.0. The second-order valence-electron chi connectivity index (χ2n) is 6.07. The van der Waals surface area contributed by atoms with E-state index in [9.17, 15) is 14.0 Å². The summed E-state index contributed by atoms with van der Waals surface area (Å²) in [6, 6.07) is 5.98. The molecule has 1 unspecified atom stereocenters. The van der Waals surface area contributed by atoms with Crippen molar-refractivity contribution in [2.24, 2.45) is 0 Å². The third-order valence-electron chi connectivity index (χ3n) is 4.38. The molecule has 2 fully saturated rings. The lowest BCUT2D eigenvalue weighted by Crippen LogP contribution is -2.54. The van der Waals surface area contributed by atoms with Crippen LogP contribution in [0.15, 0.2) is 24.3 Å². The van der Waals surface area contributed by atoms with Crippen LogP contribution in [0.3, 0.4) is 0 Å². The first-order chi connectivity index (χ1) is 10.4. The van der Waals surface area contributed by atoms with Crippen LogP contribution >= 0.6 is 0 Å². The molecule has 22 heavy (non-hydrogen) atoms. The molecule has 0 aromatic heterocycles. The molecule has 1 aromatic rings. The van der Waals surface area contributed by atoms with E-state index < -0.39 is 17.5 Å². The third kappa shape index (κ3) is 2.59. The lowest BCUT2D eigenvalue weighted by Gasteiger charge is -2.37. The van der Waals surface area contributed by atoms with Gasteiger partial charge in [-0.25, -0.2) is 9.18 Å². The number of carboxylic acid groups (broad SMARTS) is 1. The normalized spacial score (nSPS) is 26.5. The first-order valence-electron chi connectivity index (χ1n) is 7.36. The minimum absolute atomic E-state index is 0.0570. The number of carbonyl (C=O) groups is 2. The van der Waals surface area contributed by atoms with E-state index in [-0.39, 0.29) is 24.4 Å². The third-order valence-corrected chi connectivity index (χ3v) is 4.38. The molecule has 6 heteroatoms. The zero-order valence-corrected chi connectivity index (χ0v) is 12.3. The molecular weight excluding hydrogens is 289 g/mol. The predicted octanol–water partition coefficient (Wildman–Crippen LogP) is 1.56. The van der Waals surface area contributed by atoms with Gasteiger partial charge in [0.25, 0.3) is 0 Å². The van der Waals surface area contributed by atoms with Crippen LogP contribution in [0.25, 0.3) is 0 Å². The zero-order valence-electron chi connectivity index (χ0n) is 12.3. The van der Waals surface area contributed by atoms with Crippen molar-refractivity contribution in [2.45, 2.75) is 37.4 Å². The fourth-order valence-electron chi connectivity index (χ4n) is 3.08. The summed E-state index contributed by atoms with van der Waals surface area (Å²) >= 11 is 0. The monoisotopic (exact) mass is 307 g/mol. The van der Waals surface area contributed by atoms with Crippen molar-refractivity contribution in [1.82, 2.24) is 4.90 Å². The smallest absolute Gasteiger partial charge is 0.334 e. The number of benzene rings is 1. The minimum Gasteiger partial charge on any atom is -0.479 e. The average molecular weight is 307 g/mol. The molecular formula is C16H18FNO4. The van der Waals surface area contributed by atoms with E-state index in [2.05, 4.69) is 0 Å². The van der Waals surface area contributed by atoms with E-state index >= 15 is 0 Å². The van der Waals surface area contributed by atoms with Gasteiger partial charge in [0, 0.05) is 6.54 Å². The second kappa shape index (κ2) is 5.35. The van der Waals surface area contributed by atoms with Crippen LogP contribution in [-0.4, -0.2) is 47.2 Å². The molecule has 0 spiro atoms. The molecule has 1 aliphatic carbocycles. The minimum atomic E-state index is -1.06. The Kier molecular flexibility index (Phi) is 3.64. The number of carbonyl (C=O) groups excluding carboxylic acids is 1. The van der Waals surface area contributed by atoms with Gasteiger partial charge in [0.05, 0.1) is 18.1 Å². The molecule has 0 bridgehead atoms. The maximum atomic E-state index is 13.1. The molecule has 1 saturated heterocycles. The SMILES string of the molecule is C[C@@H]1CN(C(=O)C2(c3ccc(F)cc3)CC2)CC(C(=O)O)O1. The predicted molar refractivity (Wildman–Crippen MR) is 75.9 cm³/mol. The Morgan fingerprint density at radius 3 is 2.45 bits per heavy atom. The van der Waals surface area contributed by atoms with E-state index in [0.29, 0.717) is 19.4 Å². The van der Waals surface area contributed by atoms with E-state index in [1.807, 2.05) is 0 Å². The largest absolute Gasteiger partial charge is 0.479 e. The molecule has 2 aliphatic rings. The summed E-state index contributed by atoms with van der Waals surface area (Å²) in [4.78, 5) is 25.6. The Bertz CT molecular complexity index is 597. The summed E-state index contributed by atoms with van der Waals surface area (Å²) in [5.41, 5.74) is 0.179. The Morgan fingerprint density at radius 2 is 1.91 bits per heavy atom. The molecule has 0 radical (unpaired) electrons. The second-order valence-corrected chi connectivity index (χ2v) is 6.07. The molecule has 1 saturated carbocycles. The van der Waals surface area contributed by atoms with Crippen molar-refractivity contribution in [3.05, 3.63) is 35.6 Å². The highest BCUT2D eigenvalue weighted by molar-refractivity contribution is 5.92. The van der Waals surface area contributed by atoms with Crippen LogP contribution in [0, 0.1) is 5.82 Å². The van der Waals surface area contributed by atoms with Gasteiger partial charge in [-0.2, -0.15) is 0 Å². The highest BCUT2D eigenvalue weighted by Gasteiger charge is 2.54. The van der Waals surface area contributed by atoms with Crippen LogP contribution in [0.2, 0.25) is 0 Å². The van der Waals surface area contributed by atoms with Crippen molar-refractivity contribution < 1.29 is 23.8 Å². The van der Waals surface area contributed by atoms with E-state index in [1.54, 1.807) is 24.0 Å². The van der Waals surface area contributed by atoms with Crippen LogP contribution in [0.5, 0.6) is 0 Å². The van der Waals surface area contributed by atoms with Crippen molar-refractivity contribution in [2.75, 3.05) is 13.1 Å². The molecule has 1 N–H and O–H groups in total. The average Bonchev–Trinajstić information content (AvgIpc) is 3.28. The highest BCUT2D eigenvalue weighted by Crippen LogP contribution is 2.49. The summed E-state index contributed by atoms with van der Waals surface area (Å²) < 4.78 is 18.4. The molecule has 1 amide bonds. The first-order valence-corrected chi connectivity index (χ1v) is 7.36. The molecule has 1 aliphatic heterocycles. The van der Waals surface area contributed by atoms with Crippen LogP contribution in [-0.2, 0) is 19.7 Å². The van der Waals surface area contributed by atoms with Crippen LogP contribution in [0.1, 0.15) is 25.3 Å². The summed E-state index contributed by atoms with van der Waals surface area (Å²) in [6.07, 6.45) is 0.113. The number of aliphatic carboxylic acids is 1. The molecule has 1 aromatic carbocycles.